The topological polar surface area (TPSA) is 83.9 Å². The second kappa shape index (κ2) is 7.40. The summed E-state index contributed by atoms with van der Waals surface area (Å²) in [6, 6.07) is 11.7. The number of nitrogens with zero attached hydrogens (tertiary/aromatic N) is 3. The Kier molecular flexibility index (Phi) is 5.49. The number of aliphatic hydroxyl groups is 1. The van der Waals surface area contributed by atoms with Gasteiger partial charge in [0.1, 0.15) is 5.60 Å². The lowest BCUT2D eigenvalue weighted by Crippen LogP contribution is -2.29. The second-order valence-corrected chi connectivity index (χ2v) is 6.44. The molecule has 0 unspecified atom stereocenters. The van der Waals surface area contributed by atoms with Gasteiger partial charge in [-0.15, -0.1) is 0 Å². The van der Waals surface area contributed by atoms with Crippen molar-refractivity contribution < 1.29 is 5.11 Å². The Morgan fingerprint density at radius 2 is 1.92 bits per heavy atom. The lowest BCUT2D eigenvalue weighted by molar-refractivity contribution is 0.153. The molecule has 130 valence electrons. The van der Waals surface area contributed by atoms with Crippen LogP contribution in [0.4, 0.5) is 5.69 Å². The molecule has 1 aromatic heterocycles. The number of hydrogen-bond acceptors (Lipinski definition) is 4. The standard InChI is InChI=1S/C20H24N4O/c1-13-11-16(21)18(15-9-7-6-8-10-15)24-17(13)14(2)12-23-19(22-5)20(3,4)25/h6-12,25H,5,21H2,1-4H3/b14-12+,23-19-. The molecule has 25 heavy (non-hydrogen) atoms. The highest BCUT2D eigenvalue weighted by atomic mass is 16.3. The Labute approximate surface area is 148 Å². The van der Waals surface area contributed by atoms with Crippen molar-refractivity contribution in [2.24, 2.45) is 9.98 Å². The van der Waals surface area contributed by atoms with Gasteiger partial charge in [-0.25, -0.2) is 15.0 Å². The predicted octanol–water partition coefficient (Wildman–Crippen LogP) is 3.87. The summed E-state index contributed by atoms with van der Waals surface area (Å²) < 4.78 is 0. The number of allylic oxidation sites excluding steroid dienone is 1. The molecule has 0 aliphatic carbocycles. The van der Waals surface area contributed by atoms with E-state index < -0.39 is 5.60 Å². The van der Waals surface area contributed by atoms with Gasteiger partial charge in [0, 0.05) is 11.8 Å². The molecule has 0 aliphatic heterocycles. The van der Waals surface area contributed by atoms with Gasteiger partial charge >= 0.3 is 0 Å². The molecule has 1 aromatic carbocycles. The predicted molar refractivity (Wildman–Crippen MR) is 106 cm³/mol. The smallest absolute Gasteiger partial charge is 0.158 e. The molecule has 2 aromatic rings. The number of benzene rings is 1. The lowest BCUT2D eigenvalue weighted by Gasteiger charge is -2.15. The Morgan fingerprint density at radius 3 is 2.48 bits per heavy atom. The summed E-state index contributed by atoms with van der Waals surface area (Å²) in [6.07, 6.45) is 1.64. The van der Waals surface area contributed by atoms with Crippen molar-refractivity contribution >= 4 is 23.8 Å². The first kappa shape index (κ1) is 18.5. The van der Waals surface area contributed by atoms with Crippen LogP contribution in [0.5, 0.6) is 0 Å². The summed E-state index contributed by atoms with van der Waals surface area (Å²) in [5.41, 5.74) is 9.94. The van der Waals surface area contributed by atoms with E-state index in [2.05, 4.69) is 16.7 Å². The van der Waals surface area contributed by atoms with Gasteiger partial charge < -0.3 is 10.8 Å². The number of nitrogen functional groups attached to an aromatic ring is 1. The molecule has 0 amide bonds. The first-order chi connectivity index (χ1) is 11.7. The average Bonchev–Trinajstić information content (AvgIpc) is 2.55. The number of aliphatic imine (C=N–C) groups is 2. The van der Waals surface area contributed by atoms with Gasteiger partial charge in [0.25, 0.3) is 0 Å². The van der Waals surface area contributed by atoms with Gasteiger partial charge in [-0.05, 0) is 51.6 Å². The van der Waals surface area contributed by atoms with Crippen molar-refractivity contribution in [1.82, 2.24) is 4.98 Å². The molecule has 3 N–H and O–H groups in total. The minimum Gasteiger partial charge on any atom is -0.397 e. The molecule has 2 rings (SSSR count). The van der Waals surface area contributed by atoms with E-state index >= 15 is 0 Å². The van der Waals surface area contributed by atoms with Crippen LogP contribution < -0.4 is 5.73 Å². The third-order valence-corrected chi connectivity index (χ3v) is 3.74. The van der Waals surface area contributed by atoms with Crippen LogP contribution in [-0.2, 0) is 0 Å². The van der Waals surface area contributed by atoms with Crippen molar-refractivity contribution in [1.29, 1.82) is 0 Å². The number of pyridine rings is 1. The Hall–Kier alpha value is -2.79. The van der Waals surface area contributed by atoms with Crippen molar-refractivity contribution in [2.75, 3.05) is 5.73 Å². The number of aromatic nitrogens is 1. The number of hydrogen-bond donors (Lipinski definition) is 2. The molecular weight excluding hydrogens is 312 g/mol. The van der Waals surface area contributed by atoms with Crippen LogP contribution >= 0.6 is 0 Å². The number of aryl methyl sites for hydroxylation is 1. The summed E-state index contributed by atoms with van der Waals surface area (Å²) in [5.74, 6) is 0.253. The zero-order valence-corrected chi connectivity index (χ0v) is 15.1. The third kappa shape index (κ3) is 4.39. The SMILES string of the molecule is C=N/C(=N\C=C(/C)c1nc(-c2ccccc2)c(N)cc1C)C(C)(C)O. The molecule has 0 aliphatic rings. The number of anilines is 1. The summed E-state index contributed by atoms with van der Waals surface area (Å²) in [5, 5.41) is 10.0. The second-order valence-electron chi connectivity index (χ2n) is 6.44. The van der Waals surface area contributed by atoms with Crippen LogP contribution in [-0.4, -0.2) is 28.2 Å². The number of amidine groups is 1. The van der Waals surface area contributed by atoms with E-state index in [0.717, 1.165) is 28.1 Å². The van der Waals surface area contributed by atoms with E-state index in [1.54, 1.807) is 20.0 Å². The summed E-state index contributed by atoms with van der Waals surface area (Å²) in [7, 11) is 0. The van der Waals surface area contributed by atoms with Crippen LogP contribution in [0.25, 0.3) is 16.8 Å². The largest absolute Gasteiger partial charge is 0.397 e. The minimum atomic E-state index is -1.16. The summed E-state index contributed by atoms with van der Waals surface area (Å²) in [4.78, 5) is 12.8. The van der Waals surface area contributed by atoms with Crippen molar-refractivity contribution in [3.63, 3.8) is 0 Å². The van der Waals surface area contributed by atoms with Gasteiger partial charge in [0.2, 0.25) is 0 Å². The molecule has 5 nitrogen and oxygen atoms in total. The molecule has 0 bridgehead atoms. The van der Waals surface area contributed by atoms with Crippen LogP contribution in [0.15, 0.2) is 52.6 Å². The zero-order valence-electron chi connectivity index (χ0n) is 15.1. The van der Waals surface area contributed by atoms with E-state index in [1.807, 2.05) is 50.2 Å². The fourth-order valence-electron chi connectivity index (χ4n) is 2.47. The van der Waals surface area contributed by atoms with Crippen LogP contribution in [0.1, 0.15) is 32.0 Å². The molecule has 1 heterocycles. The maximum absolute atomic E-state index is 10.0. The summed E-state index contributed by atoms with van der Waals surface area (Å²) in [6.45, 7) is 10.6. The van der Waals surface area contributed by atoms with Crippen LogP contribution in [0.2, 0.25) is 0 Å². The fourth-order valence-corrected chi connectivity index (χ4v) is 2.47. The van der Waals surface area contributed by atoms with Crippen molar-refractivity contribution in [3.05, 3.63) is 53.9 Å². The molecule has 5 heteroatoms. The van der Waals surface area contributed by atoms with Gasteiger partial charge in [0.05, 0.1) is 17.1 Å². The van der Waals surface area contributed by atoms with Gasteiger partial charge in [-0.2, -0.15) is 0 Å². The first-order valence-corrected chi connectivity index (χ1v) is 8.01. The normalized spacial score (nSPS) is 13.0. The molecule has 0 radical (unpaired) electrons. The van der Waals surface area contributed by atoms with Crippen LogP contribution in [0, 0.1) is 6.92 Å². The van der Waals surface area contributed by atoms with E-state index in [4.69, 9.17) is 10.7 Å². The maximum atomic E-state index is 10.0. The van der Waals surface area contributed by atoms with E-state index in [-0.39, 0.29) is 5.84 Å². The minimum absolute atomic E-state index is 0.253. The van der Waals surface area contributed by atoms with Crippen molar-refractivity contribution in [3.8, 4) is 11.3 Å². The quantitative estimate of drug-likeness (QED) is 0.656. The Balaban J connectivity index is 2.50. The van der Waals surface area contributed by atoms with Crippen LogP contribution in [0.3, 0.4) is 0 Å². The molecule has 0 saturated carbocycles. The Morgan fingerprint density at radius 1 is 1.28 bits per heavy atom. The number of rotatable bonds is 4. The van der Waals surface area contributed by atoms with E-state index in [9.17, 15) is 5.11 Å². The molecule has 0 saturated heterocycles. The fraction of sp³-hybridized carbons (Fsp3) is 0.250. The third-order valence-electron chi connectivity index (χ3n) is 3.74. The monoisotopic (exact) mass is 336 g/mol. The van der Waals surface area contributed by atoms with Gasteiger partial charge in [-0.1, -0.05) is 30.3 Å². The van der Waals surface area contributed by atoms with Gasteiger partial charge in [0.15, 0.2) is 5.84 Å². The molecule has 0 atom stereocenters. The highest BCUT2D eigenvalue weighted by Crippen LogP contribution is 2.28. The molecular formula is C20H24N4O. The molecule has 0 fully saturated rings. The van der Waals surface area contributed by atoms with Crippen molar-refractivity contribution in [2.45, 2.75) is 33.3 Å². The zero-order chi connectivity index (χ0) is 18.6. The Bertz CT molecular complexity index is 831. The first-order valence-electron chi connectivity index (χ1n) is 8.01. The maximum Gasteiger partial charge on any atom is 0.158 e. The van der Waals surface area contributed by atoms with E-state index in [0.29, 0.717) is 5.69 Å². The van der Waals surface area contributed by atoms with Gasteiger partial charge in [-0.3, -0.25) is 0 Å². The lowest BCUT2D eigenvalue weighted by atomic mass is 10.0. The summed E-state index contributed by atoms with van der Waals surface area (Å²) >= 11 is 0. The highest BCUT2D eigenvalue weighted by molar-refractivity contribution is 5.93. The number of nitrogens with two attached hydrogens (primary N) is 1. The highest BCUT2D eigenvalue weighted by Gasteiger charge is 2.19. The van der Waals surface area contributed by atoms with E-state index in [1.165, 1.54) is 0 Å². The molecule has 0 spiro atoms. The average molecular weight is 336 g/mol.